The Morgan fingerprint density at radius 3 is 1.06 bits per heavy atom. The van der Waals surface area contributed by atoms with Gasteiger partial charge in [-0.2, -0.15) is 31.6 Å². The van der Waals surface area contributed by atoms with Crippen LogP contribution in [0.25, 0.3) is 133 Å². The molecule has 0 aliphatic rings. The van der Waals surface area contributed by atoms with Gasteiger partial charge in [-0.15, -0.1) is 0 Å². The van der Waals surface area contributed by atoms with Crippen LogP contribution in [0.4, 0.5) is 0 Å². The van der Waals surface area contributed by atoms with Gasteiger partial charge in [0.25, 0.3) is 0 Å². The minimum atomic E-state index is 0.530. The maximum atomic E-state index is 10.0. The first-order valence-electron chi connectivity index (χ1n) is 27.8. The second kappa shape index (κ2) is 20.7. The standard InChI is InChI=1S/2C37H19N7/c38-19-23-4-3-5-26(14-23)27-17-36(42-37(18-27)44-32-7-2-1-6-28(32)29-12-13-41-22-35(29)44)43-33-10-8-24(20-39)15-30(33)31-16-25(21-40)9-11-34(31)43;38-19-23-9-11-33-30(15-23)31-16-24(20-39)10-12-34(31)43(33)36-17-26(27-6-2-1-5-25(27)21-40)18-37(42-36)44-32-8-4-3-7-28(32)29-13-14-41-22-35(29)44/h2*1-18,22H. The van der Waals surface area contributed by atoms with E-state index in [2.05, 4.69) is 88.9 Å². The third-order valence-corrected chi connectivity index (χ3v) is 16.2. The fourth-order valence-electron chi connectivity index (χ4n) is 12.3. The van der Waals surface area contributed by atoms with Crippen LogP contribution in [-0.4, -0.2) is 38.2 Å². The SMILES string of the molecule is N#Cc1ccc2c(c1)c1cc(C#N)ccc1n2-c1cc(-c2ccccc2C#N)cc(-n2c3ccccc3c3ccncc32)n1.N#Cc1cccc(-c2cc(-n3c4ccc(C#N)cc4c4cc(C#N)ccc43)nc(-n3c4ccccc4c4ccncc43)c2)c1. The van der Waals surface area contributed by atoms with Gasteiger partial charge in [-0.25, -0.2) is 9.97 Å². The summed E-state index contributed by atoms with van der Waals surface area (Å²) in [5.74, 6) is 2.65. The van der Waals surface area contributed by atoms with Crippen molar-refractivity contribution in [3.8, 4) is 81.9 Å². The lowest BCUT2D eigenvalue weighted by Gasteiger charge is -2.15. The number of hydrogen-bond acceptors (Lipinski definition) is 10. The number of fused-ring (bicyclic) bond motifs is 12. The predicted octanol–water partition coefficient (Wildman–Crippen LogP) is 15.9. The Bertz CT molecular complexity index is 5680. The number of nitrogens with zero attached hydrogens (tertiary/aromatic N) is 14. The largest absolute Gasteiger partial charge is 0.294 e. The van der Waals surface area contributed by atoms with Crippen molar-refractivity contribution < 1.29 is 0 Å². The summed E-state index contributed by atoms with van der Waals surface area (Å²) in [7, 11) is 0. The summed E-state index contributed by atoms with van der Waals surface area (Å²) >= 11 is 0. The molecule has 0 amide bonds. The van der Waals surface area contributed by atoms with E-state index in [0.717, 1.165) is 109 Å². The first kappa shape index (κ1) is 51.4. The van der Waals surface area contributed by atoms with Crippen LogP contribution in [0.2, 0.25) is 0 Å². The molecule has 0 aliphatic heterocycles. The molecule has 8 aromatic heterocycles. The molecule has 0 bridgehead atoms. The summed E-state index contributed by atoms with van der Waals surface area (Å²) in [6.45, 7) is 0. The van der Waals surface area contributed by atoms with Gasteiger partial charge in [0.1, 0.15) is 23.3 Å². The molecule has 8 aromatic carbocycles. The first-order chi connectivity index (χ1) is 43.3. The summed E-state index contributed by atoms with van der Waals surface area (Å²) in [6.07, 6.45) is 7.29. The molecule has 14 heteroatoms. The maximum absolute atomic E-state index is 10.0. The number of benzene rings is 8. The Kier molecular flexibility index (Phi) is 12.1. The minimum Gasteiger partial charge on any atom is -0.294 e. The van der Waals surface area contributed by atoms with Crippen molar-refractivity contribution in [2.45, 2.75) is 0 Å². The minimum absolute atomic E-state index is 0.530. The lowest BCUT2D eigenvalue weighted by Crippen LogP contribution is -2.05. The summed E-state index contributed by atoms with van der Waals surface area (Å²) in [6, 6.07) is 79.4. The molecule has 8 heterocycles. The predicted molar refractivity (Wildman–Crippen MR) is 341 cm³/mol. The molecule has 0 unspecified atom stereocenters. The van der Waals surface area contributed by atoms with Crippen molar-refractivity contribution in [1.29, 1.82) is 31.6 Å². The van der Waals surface area contributed by atoms with E-state index >= 15 is 0 Å². The van der Waals surface area contributed by atoms with E-state index in [0.29, 0.717) is 56.7 Å². The average molecular weight is 1120 g/mol. The second-order valence-corrected chi connectivity index (χ2v) is 21.0. The Hall–Kier alpha value is -13.5. The number of hydrogen-bond donors (Lipinski definition) is 0. The van der Waals surface area contributed by atoms with E-state index in [4.69, 9.17) is 9.97 Å². The molecule has 0 fully saturated rings. The summed E-state index contributed by atoms with van der Waals surface area (Å²) < 4.78 is 8.35. The van der Waals surface area contributed by atoms with Gasteiger partial charge in [0.15, 0.2) is 0 Å². The number of rotatable bonds is 6. The summed E-state index contributed by atoms with van der Waals surface area (Å²) in [4.78, 5) is 19.4. The van der Waals surface area contributed by atoms with Gasteiger partial charge in [-0.1, -0.05) is 66.7 Å². The normalized spacial score (nSPS) is 11.1. The van der Waals surface area contributed by atoms with E-state index in [1.807, 2.05) is 164 Å². The Morgan fingerprint density at radius 2 is 0.625 bits per heavy atom. The van der Waals surface area contributed by atoms with Gasteiger partial charge in [0.2, 0.25) is 0 Å². The Morgan fingerprint density at radius 1 is 0.261 bits per heavy atom. The van der Waals surface area contributed by atoms with Crippen LogP contribution < -0.4 is 0 Å². The third kappa shape index (κ3) is 8.29. The highest BCUT2D eigenvalue weighted by atomic mass is 15.2. The van der Waals surface area contributed by atoms with E-state index in [9.17, 15) is 31.6 Å². The highest BCUT2D eigenvalue weighted by Gasteiger charge is 2.23. The van der Waals surface area contributed by atoms with E-state index in [-0.39, 0.29) is 0 Å². The quantitative estimate of drug-likeness (QED) is 0.153. The van der Waals surface area contributed by atoms with Crippen LogP contribution in [-0.2, 0) is 0 Å². The molecule has 0 saturated heterocycles. The molecule has 16 rings (SSSR count). The topological polar surface area (TPSA) is 214 Å². The number of aromatic nitrogens is 8. The lowest BCUT2D eigenvalue weighted by molar-refractivity contribution is 1.01. The zero-order valence-corrected chi connectivity index (χ0v) is 46.2. The third-order valence-electron chi connectivity index (χ3n) is 16.2. The molecular weight excluding hydrogens is 1080 g/mol. The fourth-order valence-corrected chi connectivity index (χ4v) is 12.3. The molecule has 0 saturated carbocycles. The monoisotopic (exact) mass is 1120 g/mol. The lowest BCUT2D eigenvalue weighted by atomic mass is 10.0. The van der Waals surface area contributed by atoms with Crippen molar-refractivity contribution in [2.24, 2.45) is 0 Å². The van der Waals surface area contributed by atoms with E-state index in [1.54, 1.807) is 42.7 Å². The highest BCUT2D eigenvalue weighted by molar-refractivity contribution is 6.13. The van der Waals surface area contributed by atoms with Crippen molar-refractivity contribution in [3.63, 3.8) is 0 Å². The molecule has 14 nitrogen and oxygen atoms in total. The Balaban J connectivity index is 0.000000148. The average Bonchev–Trinajstić information content (AvgIpc) is 1.98. The molecule has 0 N–H and O–H groups in total. The van der Waals surface area contributed by atoms with Crippen molar-refractivity contribution in [2.75, 3.05) is 0 Å². The van der Waals surface area contributed by atoms with Gasteiger partial charge in [-0.3, -0.25) is 28.2 Å². The van der Waals surface area contributed by atoms with Gasteiger partial charge in [0.05, 0.1) is 126 Å². The van der Waals surface area contributed by atoms with Gasteiger partial charge in [-0.05, 0) is 162 Å². The van der Waals surface area contributed by atoms with Crippen LogP contribution in [0.5, 0.6) is 0 Å². The summed E-state index contributed by atoms with van der Waals surface area (Å²) in [5.41, 5.74) is 13.9. The molecule has 404 valence electrons. The summed E-state index contributed by atoms with van der Waals surface area (Å²) in [5, 5.41) is 66.0. The number of pyridine rings is 4. The van der Waals surface area contributed by atoms with Crippen LogP contribution in [0.3, 0.4) is 0 Å². The molecular formula is C74H38N14. The van der Waals surface area contributed by atoms with Crippen LogP contribution in [0.15, 0.2) is 231 Å². The number of para-hydroxylation sites is 2. The smallest absolute Gasteiger partial charge is 0.140 e. The van der Waals surface area contributed by atoms with Crippen LogP contribution >= 0.6 is 0 Å². The highest BCUT2D eigenvalue weighted by Crippen LogP contribution is 2.40. The van der Waals surface area contributed by atoms with Gasteiger partial charge in [0, 0.05) is 55.5 Å². The molecule has 88 heavy (non-hydrogen) atoms. The van der Waals surface area contributed by atoms with Gasteiger partial charge < -0.3 is 0 Å². The Labute approximate surface area is 500 Å². The maximum Gasteiger partial charge on any atom is 0.140 e. The first-order valence-corrected chi connectivity index (χ1v) is 27.8. The number of nitriles is 6. The van der Waals surface area contributed by atoms with Crippen LogP contribution in [0, 0.1) is 68.0 Å². The molecule has 0 radical (unpaired) electrons. The zero-order valence-electron chi connectivity index (χ0n) is 46.2. The second-order valence-electron chi connectivity index (χ2n) is 21.0. The van der Waals surface area contributed by atoms with E-state index < -0.39 is 0 Å². The molecule has 0 aliphatic carbocycles. The van der Waals surface area contributed by atoms with Crippen molar-refractivity contribution in [3.05, 3.63) is 264 Å². The fraction of sp³-hybridized carbons (Fsp3) is 0. The van der Waals surface area contributed by atoms with E-state index in [1.165, 1.54) is 0 Å². The van der Waals surface area contributed by atoms with Crippen LogP contribution in [0.1, 0.15) is 33.4 Å². The molecule has 0 atom stereocenters. The van der Waals surface area contributed by atoms with Crippen molar-refractivity contribution in [1.82, 2.24) is 38.2 Å². The van der Waals surface area contributed by atoms with Crippen molar-refractivity contribution >= 4 is 87.2 Å². The van der Waals surface area contributed by atoms with Gasteiger partial charge >= 0.3 is 0 Å². The molecule has 0 spiro atoms. The molecule has 16 aromatic rings. The zero-order chi connectivity index (χ0) is 59.6.